The van der Waals surface area contributed by atoms with Gasteiger partial charge >= 0.3 is 0 Å². The molecule has 3 aromatic rings. The second-order valence-electron chi connectivity index (χ2n) is 9.07. The first-order valence-corrected chi connectivity index (χ1v) is 9.82. The molecule has 1 aromatic heterocycles. The van der Waals surface area contributed by atoms with E-state index in [4.69, 9.17) is 9.98 Å². The summed E-state index contributed by atoms with van der Waals surface area (Å²) in [5, 5.41) is 1.20. The van der Waals surface area contributed by atoms with Crippen LogP contribution in [0.1, 0.15) is 50.3 Å². The number of pyridine rings is 1. The van der Waals surface area contributed by atoms with Gasteiger partial charge in [-0.2, -0.15) is 0 Å². The summed E-state index contributed by atoms with van der Waals surface area (Å²) in [4.78, 5) is 9.88. The molecule has 2 heteroatoms. The van der Waals surface area contributed by atoms with Crippen LogP contribution >= 0.6 is 0 Å². The fourth-order valence-electron chi connectivity index (χ4n) is 4.81. The van der Waals surface area contributed by atoms with Crippen molar-refractivity contribution in [1.82, 2.24) is 4.98 Å². The van der Waals surface area contributed by atoms with E-state index in [1.54, 1.807) is 0 Å². The Morgan fingerprint density at radius 2 is 1.74 bits per heavy atom. The van der Waals surface area contributed by atoms with Crippen molar-refractivity contribution < 1.29 is 0 Å². The number of fused-ring (bicyclic) bond motifs is 1. The minimum absolute atomic E-state index is 0.0569. The fourth-order valence-corrected chi connectivity index (χ4v) is 4.81. The van der Waals surface area contributed by atoms with Crippen molar-refractivity contribution in [2.75, 3.05) is 0 Å². The number of hydrogen-bond donors (Lipinski definition) is 0. The van der Waals surface area contributed by atoms with E-state index in [1.807, 2.05) is 6.20 Å². The lowest BCUT2D eigenvalue weighted by atomic mass is 9.68. The van der Waals surface area contributed by atoms with Crippen molar-refractivity contribution in [3.05, 3.63) is 77.5 Å². The van der Waals surface area contributed by atoms with Crippen molar-refractivity contribution >= 4 is 16.6 Å². The van der Waals surface area contributed by atoms with Gasteiger partial charge in [-0.05, 0) is 62.6 Å². The zero-order valence-corrected chi connectivity index (χ0v) is 16.8. The van der Waals surface area contributed by atoms with Gasteiger partial charge in [-0.15, -0.1) is 0 Å². The van der Waals surface area contributed by atoms with Crippen LogP contribution in [-0.2, 0) is 6.42 Å². The van der Waals surface area contributed by atoms with Crippen LogP contribution < -0.4 is 0 Å². The quantitative estimate of drug-likeness (QED) is 0.552. The number of benzene rings is 2. The van der Waals surface area contributed by atoms with Crippen LogP contribution in [0.15, 0.2) is 65.8 Å². The van der Waals surface area contributed by atoms with Crippen LogP contribution in [0.25, 0.3) is 10.9 Å². The molecule has 1 unspecified atom stereocenters. The molecule has 1 atom stereocenters. The van der Waals surface area contributed by atoms with Crippen LogP contribution in [0, 0.1) is 12.3 Å². The molecule has 2 heterocycles. The molecule has 0 spiro atoms. The summed E-state index contributed by atoms with van der Waals surface area (Å²) in [5.74, 6) is 0. The van der Waals surface area contributed by atoms with Gasteiger partial charge in [0.25, 0.3) is 0 Å². The maximum atomic E-state index is 5.13. The zero-order chi connectivity index (χ0) is 19.1. The molecule has 27 heavy (non-hydrogen) atoms. The van der Waals surface area contributed by atoms with Crippen molar-refractivity contribution in [2.24, 2.45) is 10.4 Å². The number of rotatable bonds is 3. The number of aromatic nitrogens is 1. The molecular formula is C25H28N2. The van der Waals surface area contributed by atoms with E-state index in [9.17, 15) is 0 Å². The Morgan fingerprint density at radius 1 is 0.963 bits per heavy atom. The molecule has 0 fully saturated rings. The third-order valence-corrected chi connectivity index (χ3v) is 5.61. The molecule has 2 nitrogen and oxygen atoms in total. The van der Waals surface area contributed by atoms with E-state index < -0.39 is 0 Å². The average molecular weight is 357 g/mol. The van der Waals surface area contributed by atoms with Crippen LogP contribution in [0.4, 0.5) is 0 Å². The number of hydrogen-bond acceptors (Lipinski definition) is 2. The minimum Gasteiger partial charge on any atom is -0.283 e. The van der Waals surface area contributed by atoms with Gasteiger partial charge in [0, 0.05) is 22.9 Å². The predicted octanol–water partition coefficient (Wildman–Crippen LogP) is 6.15. The van der Waals surface area contributed by atoms with Gasteiger partial charge in [0.2, 0.25) is 0 Å². The van der Waals surface area contributed by atoms with Gasteiger partial charge < -0.3 is 0 Å². The molecule has 4 rings (SSSR count). The Hall–Kier alpha value is -2.48. The van der Waals surface area contributed by atoms with Crippen molar-refractivity contribution in [2.45, 2.75) is 52.5 Å². The third kappa shape index (κ3) is 3.80. The van der Waals surface area contributed by atoms with Gasteiger partial charge in [-0.1, -0.05) is 55.5 Å². The first kappa shape index (κ1) is 17.9. The second-order valence-corrected chi connectivity index (χ2v) is 9.07. The van der Waals surface area contributed by atoms with E-state index in [2.05, 4.69) is 82.3 Å². The third-order valence-electron chi connectivity index (χ3n) is 5.61. The number of aliphatic imine (C=N–C) groups is 1. The summed E-state index contributed by atoms with van der Waals surface area (Å²) in [6, 6.07) is 19.5. The van der Waals surface area contributed by atoms with E-state index in [0.717, 1.165) is 24.8 Å². The molecule has 138 valence electrons. The van der Waals surface area contributed by atoms with Crippen LogP contribution in [0.2, 0.25) is 0 Å². The van der Waals surface area contributed by atoms with Crippen LogP contribution in [0.3, 0.4) is 0 Å². The van der Waals surface area contributed by atoms with Gasteiger partial charge in [0.1, 0.15) is 0 Å². The summed E-state index contributed by atoms with van der Waals surface area (Å²) in [6.45, 7) is 9.05. The molecule has 0 saturated heterocycles. The standard InChI is InChI=1S/C25H28N2/c1-18-9-8-12-20-13-21(16-26-23(18)20)22-15-25(4,17-24(2,3)27-22)14-19-10-6-5-7-11-19/h5-13,16H,14-15,17H2,1-4H3. The molecule has 0 aliphatic carbocycles. The predicted molar refractivity (Wildman–Crippen MR) is 115 cm³/mol. The van der Waals surface area contributed by atoms with Crippen molar-refractivity contribution in [1.29, 1.82) is 0 Å². The molecule has 2 aromatic carbocycles. The highest BCUT2D eigenvalue weighted by Crippen LogP contribution is 2.42. The largest absolute Gasteiger partial charge is 0.283 e. The van der Waals surface area contributed by atoms with Crippen LogP contribution in [0.5, 0.6) is 0 Å². The first-order valence-electron chi connectivity index (χ1n) is 9.82. The number of nitrogens with zero attached hydrogens (tertiary/aromatic N) is 2. The second kappa shape index (κ2) is 6.60. The van der Waals surface area contributed by atoms with Gasteiger partial charge in [-0.3, -0.25) is 9.98 Å². The SMILES string of the molecule is Cc1cccc2cc(C3=NC(C)(C)CC(C)(Cc4ccccc4)C3)cnc12. The molecule has 0 saturated carbocycles. The molecule has 1 aliphatic rings. The Morgan fingerprint density at radius 3 is 2.52 bits per heavy atom. The Balaban J connectivity index is 1.71. The molecule has 0 radical (unpaired) electrons. The van der Waals surface area contributed by atoms with Gasteiger partial charge in [-0.25, -0.2) is 0 Å². The van der Waals surface area contributed by atoms with E-state index in [-0.39, 0.29) is 11.0 Å². The number of aryl methyl sites for hydroxylation is 1. The van der Waals surface area contributed by atoms with Gasteiger partial charge in [0.05, 0.1) is 11.1 Å². The Bertz CT molecular complexity index is 1000. The number of para-hydroxylation sites is 1. The van der Waals surface area contributed by atoms with Crippen molar-refractivity contribution in [3.8, 4) is 0 Å². The molecule has 1 aliphatic heterocycles. The van der Waals surface area contributed by atoms with Crippen LogP contribution in [-0.4, -0.2) is 16.2 Å². The average Bonchev–Trinajstić information content (AvgIpc) is 2.60. The van der Waals surface area contributed by atoms with Gasteiger partial charge in [0.15, 0.2) is 0 Å². The normalized spacial score (nSPS) is 21.9. The lowest BCUT2D eigenvalue weighted by Gasteiger charge is -2.41. The lowest BCUT2D eigenvalue weighted by Crippen LogP contribution is -2.38. The molecule has 0 N–H and O–H groups in total. The summed E-state index contributed by atoms with van der Waals surface area (Å²) >= 11 is 0. The Labute approximate surface area is 162 Å². The molecular weight excluding hydrogens is 328 g/mol. The maximum absolute atomic E-state index is 5.13. The smallest absolute Gasteiger partial charge is 0.0731 e. The zero-order valence-electron chi connectivity index (χ0n) is 16.8. The molecule has 0 bridgehead atoms. The van der Waals surface area contributed by atoms with E-state index >= 15 is 0 Å². The topological polar surface area (TPSA) is 25.2 Å². The lowest BCUT2D eigenvalue weighted by molar-refractivity contribution is 0.225. The highest BCUT2D eigenvalue weighted by molar-refractivity contribution is 6.03. The summed E-state index contributed by atoms with van der Waals surface area (Å²) in [7, 11) is 0. The minimum atomic E-state index is -0.0569. The summed E-state index contributed by atoms with van der Waals surface area (Å²) in [6.07, 6.45) is 5.18. The highest BCUT2D eigenvalue weighted by atomic mass is 14.9. The highest BCUT2D eigenvalue weighted by Gasteiger charge is 2.38. The monoisotopic (exact) mass is 356 g/mol. The summed E-state index contributed by atoms with van der Waals surface area (Å²) in [5.41, 5.74) is 6.22. The first-order chi connectivity index (χ1) is 12.8. The van der Waals surface area contributed by atoms with E-state index in [1.165, 1.54) is 27.8 Å². The fraction of sp³-hybridized carbons (Fsp3) is 0.360. The van der Waals surface area contributed by atoms with E-state index in [0.29, 0.717) is 0 Å². The summed E-state index contributed by atoms with van der Waals surface area (Å²) < 4.78 is 0. The molecule has 0 amide bonds. The van der Waals surface area contributed by atoms with Crippen molar-refractivity contribution in [3.63, 3.8) is 0 Å². The maximum Gasteiger partial charge on any atom is 0.0731 e. The Kier molecular flexibility index (Phi) is 4.38.